The van der Waals surface area contributed by atoms with E-state index >= 15 is 0 Å². The summed E-state index contributed by atoms with van der Waals surface area (Å²) >= 11 is 0. The number of carboxylic acid groups (broad SMARTS) is 1. The fraction of sp³-hybridized carbons (Fsp3) is 0.929. The van der Waals surface area contributed by atoms with Gasteiger partial charge in [0.15, 0.2) is 0 Å². The van der Waals surface area contributed by atoms with Gasteiger partial charge in [0, 0.05) is 6.04 Å². The molecule has 1 aliphatic carbocycles. The molecule has 1 heterocycles. The zero-order chi connectivity index (χ0) is 12.7. The molecule has 1 aliphatic heterocycles. The second kappa shape index (κ2) is 4.27. The normalized spacial score (nSPS) is 28.6. The zero-order valence-electron chi connectivity index (χ0n) is 11.3. The third kappa shape index (κ3) is 2.22. The summed E-state index contributed by atoms with van der Waals surface area (Å²) in [5, 5.41) is 9.37. The highest BCUT2D eigenvalue weighted by molar-refractivity contribution is 5.74. The predicted molar refractivity (Wildman–Crippen MR) is 68.0 cm³/mol. The van der Waals surface area contributed by atoms with Crippen LogP contribution in [0.4, 0.5) is 0 Å². The highest BCUT2D eigenvalue weighted by atomic mass is 16.4. The van der Waals surface area contributed by atoms with Gasteiger partial charge in [0.25, 0.3) is 0 Å². The Balaban J connectivity index is 1.95. The summed E-state index contributed by atoms with van der Waals surface area (Å²) in [6, 6.07) is 0.617. The smallest absolute Gasteiger partial charge is 0.309 e. The average molecular weight is 239 g/mol. The van der Waals surface area contributed by atoms with Gasteiger partial charge in [-0.2, -0.15) is 0 Å². The Morgan fingerprint density at radius 3 is 2.18 bits per heavy atom. The number of rotatable bonds is 4. The van der Waals surface area contributed by atoms with Crippen LogP contribution in [-0.4, -0.2) is 35.1 Å². The lowest BCUT2D eigenvalue weighted by molar-refractivity contribution is -0.152. The standard InChI is InChI=1S/C14H25NO2/c1-4-14(12(16)17)7-9-15(10-8-14)11(2)13(3)5-6-13/h11H,4-10H2,1-3H3,(H,16,17). The van der Waals surface area contributed by atoms with Gasteiger partial charge in [0.05, 0.1) is 5.41 Å². The molecule has 0 aromatic rings. The minimum absolute atomic E-state index is 0.444. The Bertz CT molecular complexity index is 301. The molecule has 17 heavy (non-hydrogen) atoms. The molecule has 2 fully saturated rings. The van der Waals surface area contributed by atoms with Gasteiger partial charge < -0.3 is 10.0 Å². The number of likely N-dealkylation sites (tertiary alicyclic amines) is 1. The largest absolute Gasteiger partial charge is 0.481 e. The SMILES string of the molecule is CCC1(C(=O)O)CCN(C(C)C2(C)CC2)CC1. The van der Waals surface area contributed by atoms with Crippen LogP contribution < -0.4 is 0 Å². The van der Waals surface area contributed by atoms with Gasteiger partial charge in [-0.15, -0.1) is 0 Å². The lowest BCUT2D eigenvalue weighted by Gasteiger charge is -2.42. The lowest BCUT2D eigenvalue weighted by atomic mass is 9.75. The third-order valence-electron chi connectivity index (χ3n) is 5.48. The topological polar surface area (TPSA) is 40.5 Å². The van der Waals surface area contributed by atoms with Crippen molar-refractivity contribution >= 4 is 5.97 Å². The quantitative estimate of drug-likeness (QED) is 0.820. The van der Waals surface area contributed by atoms with Gasteiger partial charge in [0.1, 0.15) is 0 Å². The fourth-order valence-electron chi connectivity index (χ4n) is 3.11. The molecule has 2 rings (SSSR count). The van der Waals surface area contributed by atoms with Gasteiger partial charge in [-0.25, -0.2) is 0 Å². The van der Waals surface area contributed by atoms with Gasteiger partial charge in [0.2, 0.25) is 0 Å². The minimum Gasteiger partial charge on any atom is -0.481 e. The summed E-state index contributed by atoms with van der Waals surface area (Å²) in [5.74, 6) is -0.593. The maximum Gasteiger partial charge on any atom is 0.309 e. The zero-order valence-corrected chi connectivity index (χ0v) is 11.3. The van der Waals surface area contributed by atoms with Crippen LogP contribution in [0.1, 0.15) is 52.9 Å². The number of aliphatic carboxylic acids is 1. The van der Waals surface area contributed by atoms with Gasteiger partial charge in [-0.05, 0) is 57.5 Å². The fourth-order valence-corrected chi connectivity index (χ4v) is 3.11. The second-order valence-corrected chi connectivity index (χ2v) is 6.31. The minimum atomic E-state index is -0.593. The molecule has 0 aromatic carbocycles. The molecule has 0 amide bonds. The molecule has 3 heteroatoms. The van der Waals surface area contributed by atoms with Gasteiger partial charge in [-0.3, -0.25) is 4.79 Å². The van der Waals surface area contributed by atoms with Crippen LogP contribution in [0.25, 0.3) is 0 Å². The van der Waals surface area contributed by atoms with Crippen molar-refractivity contribution in [2.24, 2.45) is 10.8 Å². The molecule has 1 saturated carbocycles. The summed E-state index contributed by atoms with van der Waals surface area (Å²) in [7, 11) is 0. The average Bonchev–Trinajstić information content (AvgIpc) is 3.07. The summed E-state index contributed by atoms with van der Waals surface area (Å²) in [4.78, 5) is 13.9. The monoisotopic (exact) mass is 239 g/mol. The van der Waals surface area contributed by atoms with Crippen molar-refractivity contribution in [2.75, 3.05) is 13.1 Å². The molecular weight excluding hydrogens is 214 g/mol. The van der Waals surface area contributed by atoms with E-state index in [1.165, 1.54) is 12.8 Å². The molecule has 98 valence electrons. The number of nitrogens with zero attached hydrogens (tertiary/aromatic N) is 1. The first kappa shape index (κ1) is 12.9. The Hall–Kier alpha value is -0.570. The van der Waals surface area contributed by atoms with Crippen LogP contribution in [0.15, 0.2) is 0 Å². The Morgan fingerprint density at radius 2 is 1.82 bits per heavy atom. The van der Waals surface area contributed by atoms with E-state index in [1.54, 1.807) is 0 Å². The van der Waals surface area contributed by atoms with Crippen molar-refractivity contribution in [1.82, 2.24) is 4.90 Å². The van der Waals surface area contributed by atoms with Crippen molar-refractivity contribution in [1.29, 1.82) is 0 Å². The Kier molecular flexibility index (Phi) is 3.23. The van der Waals surface area contributed by atoms with Crippen molar-refractivity contribution < 1.29 is 9.90 Å². The maximum absolute atomic E-state index is 11.4. The molecule has 0 bridgehead atoms. The number of carbonyl (C=O) groups is 1. The van der Waals surface area contributed by atoms with Gasteiger partial charge >= 0.3 is 5.97 Å². The number of piperidine rings is 1. The van der Waals surface area contributed by atoms with Gasteiger partial charge in [-0.1, -0.05) is 13.8 Å². The molecule has 0 spiro atoms. The molecule has 1 unspecified atom stereocenters. The second-order valence-electron chi connectivity index (χ2n) is 6.31. The molecule has 0 aromatic heterocycles. The van der Waals surface area contributed by atoms with E-state index in [9.17, 15) is 9.90 Å². The van der Waals surface area contributed by atoms with E-state index in [0.717, 1.165) is 32.4 Å². The van der Waals surface area contributed by atoms with Crippen LogP contribution >= 0.6 is 0 Å². The van der Waals surface area contributed by atoms with Crippen LogP contribution in [0.3, 0.4) is 0 Å². The van der Waals surface area contributed by atoms with E-state index in [-0.39, 0.29) is 0 Å². The third-order valence-corrected chi connectivity index (χ3v) is 5.48. The first-order valence-corrected chi connectivity index (χ1v) is 6.91. The molecule has 3 nitrogen and oxygen atoms in total. The Morgan fingerprint density at radius 1 is 1.29 bits per heavy atom. The van der Waals surface area contributed by atoms with E-state index < -0.39 is 11.4 Å². The van der Waals surface area contributed by atoms with Crippen LogP contribution in [0.5, 0.6) is 0 Å². The molecule has 1 N–H and O–H groups in total. The highest BCUT2D eigenvalue weighted by Gasteiger charge is 2.47. The molecule has 0 radical (unpaired) electrons. The molecule has 1 atom stereocenters. The molecular formula is C14H25NO2. The number of hydrogen-bond donors (Lipinski definition) is 1. The first-order chi connectivity index (χ1) is 7.93. The van der Waals surface area contributed by atoms with Crippen molar-refractivity contribution in [3.05, 3.63) is 0 Å². The van der Waals surface area contributed by atoms with E-state index in [2.05, 4.69) is 18.7 Å². The van der Waals surface area contributed by atoms with Crippen LogP contribution in [0.2, 0.25) is 0 Å². The van der Waals surface area contributed by atoms with Crippen molar-refractivity contribution in [3.8, 4) is 0 Å². The van der Waals surface area contributed by atoms with Crippen LogP contribution in [-0.2, 0) is 4.79 Å². The summed E-state index contributed by atoms with van der Waals surface area (Å²) in [6.07, 6.45) is 5.07. The molecule has 1 saturated heterocycles. The number of carboxylic acids is 1. The van der Waals surface area contributed by atoms with E-state index in [4.69, 9.17) is 0 Å². The molecule has 2 aliphatic rings. The van der Waals surface area contributed by atoms with E-state index in [0.29, 0.717) is 11.5 Å². The summed E-state index contributed by atoms with van der Waals surface area (Å²) < 4.78 is 0. The summed E-state index contributed by atoms with van der Waals surface area (Å²) in [6.45, 7) is 8.59. The maximum atomic E-state index is 11.4. The predicted octanol–water partition coefficient (Wildman–Crippen LogP) is 2.75. The number of hydrogen-bond acceptors (Lipinski definition) is 2. The van der Waals surface area contributed by atoms with E-state index in [1.807, 2.05) is 6.92 Å². The Labute approximate surface area is 104 Å². The summed E-state index contributed by atoms with van der Waals surface area (Å²) in [5.41, 5.74) is 0.0656. The van der Waals surface area contributed by atoms with Crippen molar-refractivity contribution in [2.45, 2.75) is 58.9 Å². The van der Waals surface area contributed by atoms with Crippen molar-refractivity contribution in [3.63, 3.8) is 0 Å². The highest BCUT2D eigenvalue weighted by Crippen LogP contribution is 2.50. The first-order valence-electron chi connectivity index (χ1n) is 6.91. The lowest BCUT2D eigenvalue weighted by Crippen LogP contribution is -2.49. The van der Waals surface area contributed by atoms with Crippen LogP contribution in [0, 0.1) is 10.8 Å².